The van der Waals surface area contributed by atoms with E-state index in [0.717, 1.165) is 38.5 Å². The Morgan fingerprint density at radius 2 is 0.716 bits per heavy atom. The summed E-state index contributed by atoms with van der Waals surface area (Å²) in [5.41, 5.74) is 0. The Labute approximate surface area is 500 Å². The number of nitrogens with one attached hydrogen (secondary N) is 1. The van der Waals surface area contributed by atoms with Gasteiger partial charge in [-0.15, -0.1) is 0 Å². The van der Waals surface area contributed by atoms with Crippen LogP contribution in [0.25, 0.3) is 0 Å². The molecule has 1 amide bonds. The highest BCUT2D eigenvalue weighted by Gasteiger charge is 2.44. The van der Waals surface area contributed by atoms with E-state index in [9.17, 15) is 40.5 Å². The van der Waals surface area contributed by atoms with Crippen molar-refractivity contribution in [1.82, 2.24) is 5.32 Å². The average molecular weight is 1150 g/mol. The first-order valence-electron chi connectivity index (χ1n) is 35.6. The Hall–Kier alpha value is -1.15. The normalized spacial score (nSPS) is 19.1. The van der Waals surface area contributed by atoms with Gasteiger partial charge in [-0.05, 0) is 38.5 Å². The highest BCUT2D eigenvalue weighted by molar-refractivity contribution is 5.80. The number of aliphatic hydroxyl groups excluding tert-OH is 7. The van der Waals surface area contributed by atoms with E-state index in [1.165, 1.54) is 283 Å². The zero-order valence-corrected chi connectivity index (χ0v) is 53.3. The van der Waals surface area contributed by atoms with Gasteiger partial charge in [0.05, 0.1) is 25.4 Å². The number of carbonyl (C=O) groups is 1. The summed E-state index contributed by atoms with van der Waals surface area (Å²) in [6, 6.07) is -1.17. The molecule has 1 heterocycles. The first-order chi connectivity index (χ1) is 39.7. The lowest BCUT2D eigenvalue weighted by molar-refractivity contribution is -0.303. The van der Waals surface area contributed by atoms with Crippen LogP contribution in [-0.4, -0.2) is 110 Å². The van der Waals surface area contributed by atoms with Gasteiger partial charge in [-0.2, -0.15) is 0 Å². The standard InChI is InChI=1S/C70H137NO10/c1-3-5-7-9-11-13-15-17-19-21-23-24-25-26-27-28-29-30-31-32-33-34-35-36-37-38-39-40-42-44-46-48-50-52-54-56-58-63(74)69(79)71-61(60-80-70-68(78)67(77)66(76)64(59-72)81-70)65(75)62(73)57-55-53-51-49-47-45-43-41-22-20-18-16-14-12-10-8-6-4-2/h30-31,61-68,70,72-78H,3-29,32-60H2,1-2H3,(H,71,79)/b31-30-. The molecule has 0 aromatic carbocycles. The number of rotatable bonds is 63. The van der Waals surface area contributed by atoms with Crippen LogP contribution < -0.4 is 5.32 Å². The molecule has 0 radical (unpaired) electrons. The van der Waals surface area contributed by atoms with E-state index < -0.39 is 74.2 Å². The molecule has 1 rings (SSSR count). The molecule has 81 heavy (non-hydrogen) atoms. The Morgan fingerprint density at radius 3 is 1.04 bits per heavy atom. The number of carbonyl (C=O) groups excluding carboxylic acids is 1. The van der Waals surface area contributed by atoms with E-state index in [0.29, 0.717) is 19.3 Å². The number of ether oxygens (including phenoxy) is 2. The minimum Gasteiger partial charge on any atom is -0.394 e. The molecule has 0 saturated carbocycles. The predicted octanol–water partition coefficient (Wildman–Crippen LogP) is 17.0. The fraction of sp³-hybridized carbons (Fsp3) is 0.957. The van der Waals surface area contributed by atoms with Crippen LogP contribution in [0.1, 0.15) is 361 Å². The van der Waals surface area contributed by atoms with Crippen molar-refractivity contribution in [2.75, 3.05) is 13.2 Å². The number of unbranched alkanes of at least 4 members (excludes halogenated alkanes) is 49. The Balaban J connectivity index is 2.13. The average Bonchev–Trinajstić information content (AvgIpc) is 3.51. The van der Waals surface area contributed by atoms with Crippen molar-refractivity contribution in [2.45, 2.75) is 416 Å². The molecular formula is C70H137NO10. The van der Waals surface area contributed by atoms with Crippen molar-refractivity contribution in [3.63, 3.8) is 0 Å². The molecule has 1 aliphatic heterocycles. The van der Waals surface area contributed by atoms with E-state index in [1.54, 1.807) is 0 Å². The van der Waals surface area contributed by atoms with Crippen LogP contribution in [0.4, 0.5) is 0 Å². The lowest BCUT2D eigenvalue weighted by Crippen LogP contribution is -2.60. The van der Waals surface area contributed by atoms with Gasteiger partial charge in [-0.3, -0.25) is 4.79 Å². The molecule has 9 unspecified atom stereocenters. The van der Waals surface area contributed by atoms with Crippen molar-refractivity contribution in [3.8, 4) is 0 Å². The number of amides is 1. The Bertz CT molecular complexity index is 1320. The summed E-state index contributed by atoms with van der Waals surface area (Å²) in [4.78, 5) is 13.2. The first-order valence-corrected chi connectivity index (χ1v) is 35.6. The summed E-state index contributed by atoms with van der Waals surface area (Å²) in [6.07, 6.45) is 61.6. The number of aliphatic hydroxyl groups is 7. The molecule has 11 heteroatoms. The molecule has 9 atom stereocenters. The number of hydrogen-bond acceptors (Lipinski definition) is 10. The number of allylic oxidation sites excluding steroid dienone is 2. The van der Waals surface area contributed by atoms with Crippen LogP contribution in [0.3, 0.4) is 0 Å². The second kappa shape index (κ2) is 59.2. The molecule has 1 saturated heterocycles. The van der Waals surface area contributed by atoms with E-state index in [4.69, 9.17) is 9.47 Å². The molecule has 0 aromatic heterocycles. The fourth-order valence-corrected chi connectivity index (χ4v) is 11.9. The summed E-state index contributed by atoms with van der Waals surface area (Å²) in [5.74, 6) is -0.689. The van der Waals surface area contributed by atoms with Crippen LogP contribution in [-0.2, 0) is 14.3 Å². The summed E-state index contributed by atoms with van der Waals surface area (Å²) in [6.45, 7) is 3.51. The molecule has 8 N–H and O–H groups in total. The van der Waals surface area contributed by atoms with Gasteiger partial charge < -0.3 is 50.5 Å². The quantitative estimate of drug-likeness (QED) is 0.0215. The van der Waals surface area contributed by atoms with Crippen LogP contribution in [0.5, 0.6) is 0 Å². The summed E-state index contributed by atoms with van der Waals surface area (Å²) >= 11 is 0. The van der Waals surface area contributed by atoms with Crippen molar-refractivity contribution in [1.29, 1.82) is 0 Å². The van der Waals surface area contributed by atoms with Gasteiger partial charge in [-0.1, -0.05) is 334 Å². The van der Waals surface area contributed by atoms with Crippen molar-refractivity contribution in [2.24, 2.45) is 0 Å². The third kappa shape index (κ3) is 46.7. The maximum absolute atomic E-state index is 13.2. The predicted molar refractivity (Wildman–Crippen MR) is 339 cm³/mol. The second-order valence-electron chi connectivity index (χ2n) is 25.3. The van der Waals surface area contributed by atoms with E-state index in [2.05, 4.69) is 31.3 Å². The smallest absolute Gasteiger partial charge is 0.249 e. The lowest BCUT2D eigenvalue weighted by Gasteiger charge is -2.40. The van der Waals surface area contributed by atoms with Gasteiger partial charge in [0.25, 0.3) is 0 Å². The molecule has 0 bridgehead atoms. The molecule has 0 spiro atoms. The first kappa shape index (κ1) is 77.9. The van der Waals surface area contributed by atoms with Gasteiger partial charge >= 0.3 is 0 Å². The summed E-state index contributed by atoms with van der Waals surface area (Å²) in [5, 5.41) is 76.4. The third-order valence-corrected chi connectivity index (χ3v) is 17.6. The van der Waals surface area contributed by atoms with E-state index >= 15 is 0 Å². The molecule has 11 nitrogen and oxygen atoms in total. The third-order valence-electron chi connectivity index (χ3n) is 17.6. The van der Waals surface area contributed by atoms with Gasteiger partial charge in [0.15, 0.2) is 6.29 Å². The van der Waals surface area contributed by atoms with Crippen LogP contribution in [0.2, 0.25) is 0 Å². The molecule has 1 aliphatic rings. The fourth-order valence-electron chi connectivity index (χ4n) is 11.9. The number of hydrogen-bond donors (Lipinski definition) is 8. The SMILES string of the molecule is CCCCCCCCCCCCCCCCCC/C=C\CCCCCCCCCCCCCCCCCCC(O)C(=O)NC(COC1OC(CO)C(O)C(O)C1O)C(O)C(O)CCCCCCCCCCCCCCCCCCCC. The summed E-state index contributed by atoms with van der Waals surface area (Å²) < 4.78 is 11.2. The minimum atomic E-state index is -1.66. The maximum Gasteiger partial charge on any atom is 0.249 e. The van der Waals surface area contributed by atoms with Gasteiger partial charge in [0, 0.05) is 0 Å². The van der Waals surface area contributed by atoms with Gasteiger partial charge in [-0.25, -0.2) is 0 Å². The Morgan fingerprint density at radius 1 is 0.420 bits per heavy atom. The van der Waals surface area contributed by atoms with Crippen molar-refractivity contribution in [3.05, 3.63) is 12.2 Å². The Kier molecular flexibility index (Phi) is 56.9. The lowest BCUT2D eigenvalue weighted by atomic mass is 9.98. The highest BCUT2D eigenvalue weighted by Crippen LogP contribution is 2.24. The maximum atomic E-state index is 13.2. The summed E-state index contributed by atoms with van der Waals surface area (Å²) in [7, 11) is 0. The highest BCUT2D eigenvalue weighted by atomic mass is 16.7. The van der Waals surface area contributed by atoms with E-state index in [1.807, 2.05) is 0 Å². The van der Waals surface area contributed by atoms with Gasteiger partial charge in [0.2, 0.25) is 5.91 Å². The van der Waals surface area contributed by atoms with Crippen LogP contribution in [0, 0.1) is 0 Å². The monoisotopic (exact) mass is 1150 g/mol. The second-order valence-corrected chi connectivity index (χ2v) is 25.3. The van der Waals surface area contributed by atoms with E-state index in [-0.39, 0.29) is 6.42 Å². The van der Waals surface area contributed by atoms with Crippen molar-refractivity contribution >= 4 is 5.91 Å². The zero-order chi connectivity index (χ0) is 58.9. The van der Waals surface area contributed by atoms with Crippen molar-refractivity contribution < 1.29 is 50.0 Å². The molecular weight excluding hydrogens is 1010 g/mol. The topological polar surface area (TPSA) is 189 Å². The largest absolute Gasteiger partial charge is 0.394 e. The molecule has 1 fully saturated rings. The van der Waals surface area contributed by atoms with Gasteiger partial charge in [0.1, 0.15) is 36.6 Å². The molecule has 482 valence electrons. The molecule has 0 aromatic rings. The van der Waals surface area contributed by atoms with Crippen LogP contribution >= 0.6 is 0 Å². The zero-order valence-electron chi connectivity index (χ0n) is 53.3. The van der Waals surface area contributed by atoms with Crippen LogP contribution in [0.15, 0.2) is 12.2 Å². The molecule has 0 aliphatic carbocycles. The minimum absolute atomic E-state index is 0.265.